The fourth-order valence-electron chi connectivity index (χ4n) is 4.38. The molecule has 26 heavy (non-hydrogen) atoms. The lowest BCUT2D eigenvalue weighted by Crippen LogP contribution is -2.40. The van der Waals surface area contributed by atoms with Gasteiger partial charge in [-0.25, -0.2) is 9.18 Å². The van der Waals surface area contributed by atoms with E-state index < -0.39 is 17.0 Å². The Morgan fingerprint density at radius 2 is 1.96 bits per heavy atom. The number of carbonyl (C=O) groups is 2. The minimum absolute atomic E-state index is 0.0713. The number of pyridine rings is 1. The topological polar surface area (TPSA) is 59.5 Å². The summed E-state index contributed by atoms with van der Waals surface area (Å²) in [6, 6.07) is 8.28. The second kappa shape index (κ2) is 5.13. The van der Waals surface area contributed by atoms with E-state index in [9.17, 15) is 14.0 Å². The lowest BCUT2D eigenvalue weighted by Gasteiger charge is -2.27. The van der Waals surface area contributed by atoms with Crippen molar-refractivity contribution < 1.29 is 18.7 Å². The SMILES string of the molecule is O=C1O[C@]2(CCN(C(=O)C3(c4ccccc4F)CC3)C2)c2ccncc21. The molecule has 3 aliphatic rings. The second-order valence-electron chi connectivity index (χ2n) is 7.34. The molecular weight excluding hydrogens is 335 g/mol. The summed E-state index contributed by atoms with van der Waals surface area (Å²) in [7, 11) is 0. The number of hydrogen-bond donors (Lipinski definition) is 0. The first kappa shape index (κ1) is 15.5. The number of amides is 1. The van der Waals surface area contributed by atoms with Gasteiger partial charge in [-0.3, -0.25) is 9.78 Å². The van der Waals surface area contributed by atoms with Crippen molar-refractivity contribution in [3.05, 3.63) is 65.2 Å². The highest BCUT2D eigenvalue weighted by Crippen LogP contribution is 2.52. The highest BCUT2D eigenvalue weighted by Gasteiger charge is 2.58. The first-order valence-corrected chi connectivity index (χ1v) is 8.78. The third-order valence-electron chi connectivity index (χ3n) is 5.89. The number of benzene rings is 1. The molecule has 2 fully saturated rings. The summed E-state index contributed by atoms with van der Waals surface area (Å²) in [6.07, 6.45) is 5.00. The zero-order chi connectivity index (χ0) is 17.9. The maximum Gasteiger partial charge on any atom is 0.341 e. The lowest BCUT2D eigenvalue weighted by atomic mass is 9.92. The van der Waals surface area contributed by atoms with E-state index in [1.165, 1.54) is 12.3 Å². The largest absolute Gasteiger partial charge is 0.449 e. The number of aromatic nitrogens is 1. The normalized spacial score (nSPS) is 25.3. The summed E-state index contributed by atoms with van der Waals surface area (Å²) >= 11 is 0. The van der Waals surface area contributed by atoms with Crippen LogP contribution < -0.4 is 0 Å². The fraction of sp³-hybridized carbons (Fsp3) is 0.350. The Balaban J connectivity index is 1.45. The fourth-order valence-corrected chi connectivity index (χ4v) is 4.38. The van der Waals surface area contributed by atoms with E-state index in [4.69, 9.17) is 4.74 Å². The Kier molecular flexibility index (Phi) is 3.05. The number of carbonyl (C=O) groups excluding carboxylic acids is 2. The quantitative estimate of drug-likeness (QED) is 0.780. The molecule has 1 saturated heterocycles. The van der Waals surface area contributed by atoms with Gasteiger partial charge in [0.15, 0.2) is 5.60 Å². The number of esters is 1. The van der Waals surface area contributed by atoms with Gasteiger partial charge in [-0.05, 0) is 25.0 Å². The molecule has 1 aromatic heterocycles. The van der Waals surface area contributed by atoms with Crippen molar-refractivity contribution in [2.24, 2.45) is 0 Å². The first-order valence-electron chi connectivity index (χ1n) is 8.78. The Hall–Kier alpha value is -2.76. The van der Waals surface area contributed by atoms with Crippen LogP contribution in [0.25, 0.3) is 0 Å². The third-order valence-corrected chi connectivity index (χ3v) is 5.89. The standard InChI is InChI=1S/C20H17FN2O3/c21-16-4-2-1-3-15(16)19(6-7-19)18(25)23-10-8-20(12-23)14-5-9-22-11-13(14)17(24)26-20/h1-5,9,11H,6-8,10,12H2/t20-/m0/s1. The van der Waals surface area contributed by atoms with Gasteiger partial charge >= 0.3 is 5.97 Å². The molecule has 3 heterocycles. The van der Waals surface area contributed by atoms with Gasteiger partial charge in [-0.15, -0.1) is 0 Å². The predicted molar refractivity (Wildman–Crippen MR) is 89.8 cm³/mol. The molecule has 1 spiro atoms. The molecular formula is C20H17FN2O3. The summed E-state index contributed by atoms with van der Waals surface area (Å²) in [5.74, 6) is -0.799. The van der Waals surface area contributed by atoms with Crippen molar-refractivity contribution in [2.75, 3.05) is 13.1 Å². The molecule has 132 valence electrons. The highest BCUT2D eigenvalue weighted by atomic mass is 19.1. The average molecular weight is 352 g/mol. The Morgan fingerprint density at radius 1 is 1.15 bits per heavy atom. The van der Waals surface area contributed by atoms with Crippen LogP contribution in [0.2, 0.25) is 0 Å². The Morgan fingerprint density at radius 3 is 2.73 bits per heavy atom. The Bertz CT molecular complexity index is 940. The lowest BCUT2D eigenvalue weighted by molar-refractivity contribution is -0.134. The molecule has 2 aliphatic heterocycles. The molecule has 6 heteroatoms. The molecule has 0 N–H and O–H groups in total. The molecule has 1 amide bonds. The van der Waals surface area contributed by atoms with Gasteiger partial charge in [0.1, 0.15) is 5.82 Å². The van der Waals surface area contributed by atoms with E-state index in [0.29, 0.717) is 43.5 Å². The molecule has 1 saturated carbocycles. The van der Waals surface area contributed by atoms with E-state index >= 15 is 0 Å². The zero-order valence-electron chi connectivity index (χ0n) is 14.1. The molecule has 1 aromatic carbocycles. The van der Waals surface area contributed by atoms with Gasteiger partial charge in [0, 0.05) is 36.5 Å². The van der Waals surface area contributed by atoms with Crippen LogP contribution in [-0.4, -0.2) is 34.8 Å². The van der Waals surface area contributed by atoms with Crippen molar-refractivity contribution in [2.45, 2.75) is 30.3 Å². The van der Waals surface area contributed by atoms with E-state index in [-0.39, 0.29) is 11.7 Å². The average Bonchev–Trinajstić information content (AvgIpc) is 3.28. The van der Waals surface area contributed by atoms with Crippen molar-refractivity contribution >= 4 is 11.9 Å². The maximum atomic E-state index is 14.3. The van der Waals surface area contributed by atoms with Crippen molar-refractivity contribution in [3.63, 3.8) is 0 Å². The van der Waals surface area contributed by atoms with Gasteiger partial charge in [-0.1, -0.05) is 18.2 Å². The number of fused-ring (bicyclic) bond motifs is 2. The highest BCUT2D eigenvalue weighted by molar-refractivity contribution is 5.95. The summed E-state index contributed by atoms with van der Waals surface area (Å²) in [5, 5.41) is 0. The van der Waals surface area contributed by atoms with Crippen molar-refractivity contribution in [1.82, 2.24) is 9.88 Å². The van der Waals surface area contributed by atoms with Crippen LogP contribution in [0.3, 0.4) is 0 Å². The Labute approximate surface area is 149 Å². The van der Waals surface area contributed by atoms with E-state index in [0.717, 1.165) is 5.56 Å². The van der Waals surface area contributed by atoms with Gasteiger partial charge in [0.25, 0.3) is 0 Å². The number of ether oxygens (including phenoxy) is 1. The summed E-state index contributed by atoms with van der Waals surface area (Å²) in [4.78, 5) is 31.1. The van der Waals surface area contributed by atoms with E-state index in [2.05, 4.69) is 4.98 Å². The third kappa shape index (κ3) is 1.98. The van der Waals surface area contributed by atoms with Crippen LogP contribution in [0, 0.1) is 5.82 Å². The monoisotopic (exact) mass is 352 g/mol. The van der Waals surface area contributed by atoms with Crippen LogP contribution in [0.15, 0.2) is 42.7 Å². The summed E-state index contributed by atoms with van der Waals surface area (Å²) in [6.45, 7) is 0.800. The van der Waals surface area contributed by atoms with Crippen LogP contribution in [0.5, 0.6) is 0 Å². The van der Waals surface area contributed by atoms with Gasteiger partial charge in [0.2, 0.25) is 5.91 Å². The predicted octanol–water partition coefficient (Wildman–Crippen LogP) is 2.55. The van der Waals surface area contributed by atoms with Crippen LogP contribution in [0.4, 0.5) is 4.39 Å². The number of likely N-dealkylation sites (tertiary alicyclic amines) is 1. The van der Waals surface area contributed by atoms with Crippen molar-refractivity contribution in [1.29, 1.82) is 0 Å². The molecule has 0 bridgehead atoms. The molecule has 5 nitrogen and oxygen atoms in total. The van der Waals surface area contributed by atoms with Gasteiger partial charge < -0.3 is 9.64 Å². The van der Waals surface area contributed by atoms with E-state index in [1.807, 2.05) is 0 Å². The minimum Gasteiger partial charge on any atom is -0.449 e. The molecule has 2 aromatic rings. The molecule has 0 unspecified atom stereocenters. The number of hydrogen-bond acceptors (Lipinski definition) is 4. The van der Waals surface area contributed by atoms with E-state index in [1.54, 1.807) is 35.4 Å². The zero-order valence-corrected chi connectivity index (χ0v) is 14.1. The van der Waals surface area contributed by atoms with Gasteiger partial charge in [-0.2, -0.15) is 0 Å². The number of rotatable bonds is 2. The molecule has 1 atom stereocenters. The minimum atomic E-state index is -0.795. The number of halogens is 1. The van der Waals surface area contributed by atoms with Crippen LogP contribution >= 0.6 is 0 Å². The smallest absolute Gasteiger partial charge is 0.341 e. The first-order chi connectivity index (χ1) is 12.6. The maximum absolute atomic E-state index is 14.3. The second-order valence-corrected chi connectivity index (χ2v) is 7.34. The molecule has 5 rings (SSSR count). The van der Waals surface area contributed by atoms with Gasteiger partial charge in [0.05, 0.1) is 17.5 Å². The summed E-state index contributed by atoms with van der Waals surface area (Å²) in [5.41, 5.74) is 0.177. The summed E-state index contributed by atoms with van der Waals surface area (Å²) < 4.78 is 19.9. The van der Waals surface area contributed by atoms with Crippen molar-refractivity contribution in [3.8, 4) is 0 Å². The van der Waals surface area contributed by atoms with Crippen LogP contribution in [-0.2, 0) is 20.5 Å². The number of nitrogens with zero attached hydrogens (tertiary/aromatic N) is 2. The molecule has 0 radical (unpaired) electrons. The van der Waals surface area contributed by atoms with Crippen LogP contribution in [0.1, 0.15) is 40.7 Å². The molecule has 1 aliphatic carbocycles.